The number of benzene rings is 2. The maximum Gasteiger partial charge on any atom is 0.143 e. The van der Waals surface area contributed by atoms with Crippen LogP contribution in [0.5, 0.6) is 5.75 Å². The quantitative estimate of drug-likeness (QED) is 0.667. The first-order valence-corrected chi connectivity index (χ1v) is 8.51. The number of oxime groups is 1. The van der Waals surface area contributed by atoms with Crippen LogP contribution in [0.2, 0.25) is 5.02 Å². The smallest absolute Gasteiger partial charge is 0.143 e. The number of likely N-dealkylation sites (N-methyl/N-ethyl adjacent to an activating group) is 1. The highest BCUT2D eigenvalue weighted by molar-refractivity contribution is 6.30. The number of hydrogen-bond acceptors (Lipinski definition) is 4. The van der Waals surface area contributed by atoms with Crippen LogP contribution in [0.25, 0.3) is 0 Å². The van der Waals surface area contributed by atoms with Crippen molar-refractivity contribution in [1.29, 1.82) is 0 Å². The molecule has 1 saturated carbocycles. The van der Waals surface area contributed by atoms with Gasteiger partial charge in [0.05, 0.1) is 11.6 Å². The summed E-state index contributed by atoms with van der Waals surface area (Å²) in [5.74, 6) is 1.07. The molecule has 0 spiro atoms. The zero-order valence-electron chi connectivity index (χ0n) is 13.5. The topological polar surface area (TPSA) is 42.8 Å². The fourth-order valence-electron chi connectivity index (χ4n) is 3.31. The van der Waals surface area contributed by atoms with E-state index in [-0.39, 0.29) is 11.5 Å². The summed E-state index contributed by atoms with van der Waals surface area (Å²) in [5, 5.41) is 8.23. The molecule has 0 amide bonds. The van der Waals surface area contributed by atoms with Gasteiger partial charge in [0.15, 0.2) is 0 Å². The molecule has 1 aliphatic heterocycles. The van der Waals surface area contributed by atoms with E-state index in [4.69, 9.17) is 21.2 Å². The molecule has 1 fully saturated rings. The van der Waals surface area contributed by atoms with E-state index in [0.717, 1.165) is 40.6 Å². The summed E-state index contributed by atoms with van der Waals surface area (Å²) < 4.78 is 6.39. The average Bonchev–Trinajstić information content (AvgIpc) is 3.33. The summed E-state index contributed by atoms with van der Waals surface area (Å²) in [6, 6.07) is 15.9. The lowest BCUT2D eigenvalue weighted by Gasteiger charge is -2.27. The third-order valence-corrected chi connectivity index (χ3v) is 4.89. The maximum atomic E-state index is 6.39. The monoisotopic (exact) mass is 342 g/mol. The van der Waals surface area contributed by atoms with Gasteiger partial charge in [-0.15, -0.1) is 0 Å². The van der Waals surface area contributed by atoms with Crippen molar-refractivity contribution in [3.05, 3.63) is 64.7 Å². The molecule has 1 heterocycles. The van der Waals surface area contributed by atoms with Gasteiger partial charge in [0, 0.05) is 23.6 Å². The molecule has 0 aromatic heterocycles. The van der Waals surface area contributed by atoms with Crippen molar-refractivity contribution < 1.29 is 9.57 Å². The minimum Gasteiger partial charge on any atom is -0.481 e. The Morgan fingerprint density at radius 2 is 2.04 bits per heavy atom. The number of nitrogens with one attached hydrogen (secondary N) is 1. The van der Waals surface area contributed by atoms with Gasteiger partial charge in [0.2, 0.25) is 0 Å². The Morgan fingerprint density at radius 1 is 1.25 bits per heavy atom. The molecule has 124 valence electrons. The Hall–Kier alpha value is -2.04. The third-order valence-electron chi connectivity index (χ3n) is 4.63. The summed E-state index contributed by atoms with van der Waals surface area (Å²) in [6.07, 6.45) is 0.900. The van der Waals surface area contributed by atoms with Gasteiger partial charge in [-0.3, -0.25) is 0 Å². The van der Waals surface area contributed by atoms with Crippen LogP contribution in [0, 0.1) is 5.92 Å². The molecule has 0 bridgehead atoms. The summed E-state index contributed by atoms with van der Waals surface area (Å²) in [7, 11) is 1.90. The second-order valence-electron chi connectivity index (χ2n) is 6.16. The number of halogens is 1. The van der Waals surface area contributed by atoms with Gasteiger partial charge in [-0.25, -0.2) is 0 Å². The highest BCUT2D eigenvalue weighted by Gasteiger charge is 2.64. The van der Waals surface area contributed by atoms with E-state index in [1.807, 2.05) is 55.6 Å². The van der Waals surface area contributed by atoms with E-state index in [0.29, 0.717) is 6.61 Å². The number of rotatable bonds is 5. The predicted molar refractivity (Wildman–Crippen MR) is 94.7 cm³/mol. The molecule has 1 N–H and O–H groups in total. The van der Waals surface area contributed by atoms with Gasteiger partial charge < -0.3 is 14.9 Å². The summed E-state index contributed by atoms with van der Waals surface area (Å²) in [4.78, 5) is 5.52. The van der Waals surface area contributed by atoms with Gasteiger partial charge >= 0.3 is 0 Å². The first-order valence-electron chi connectivity index (χ1n) is 8.13. The van der Waals surface area contributed by atoms with Crippen molar-refractivity contribution in [3.8, 4) is 5.75 Å². The highest BCUT2D eigenvalue weighted by Crippen LogP contribution is 2.60. The van der Waals surface area contributed by atoms with E-state index >= 15 is 0 Å². The van der Waals surface area contributed by atoms with Crippen LogP contribution >= 0.6 is 11.6 Å². The highest BCUT2D eigenvalue weighted by atomic mass is 35.5. The second-order valence-corrected chi connectivity index (χ2v) is 6.60. The van der Waals surface area contributed by atoms with Crippen molar-refractivity contribution in [2.24, 2.45) is 11.1 Å². The molecular weight excluding hydrogens is 324 g/mol. The molecule has 24 heavy (non-hydrogen) atoms. The summed E-state index contributed by atoms with van der Waals surface area (Å²) in [5.41, 5.74) is 2.79. The lowest BCUT2D eigenvalue weighted by Crippen LogP contribution is -2.28. The van der Waals surface area contributed by atoms with Gasteiger partial charge in [0.1, 0.15) is 18.0 Å². The number of nitrogens with zero attached hydrogens (tertiary/aromatic N) is 1. The van der Waals surface area contributed by atoms with Gasteiger partial charge in [0.25, 0.3) is 0 Å². The fourth-order valence-corrected chi connectivity index (χ4v) is 3.44. The van der Waals surface area contributed by atoms with E-state index in [1.165, 1.54) is 0 Å². The minimum absolute atomic E-state index is 0.211. The Morgan fingerprint density at radius 3 is 2.83 bits per heavy atom. The Kier molecular flexibility index (Phi) is 3.94. The second kappa shape index (κ2) is 6.11. The molecule has 2 unspecified atom stereocenters. The number of para-hydroxylation sites is 1. The Balaban J connectivity index is 1.69. The molecule has 5 heteroatoms. The van der Waals surface area contributed by atoms with Crippen LogP contribution in [0.4, 0.5) is 0 Å². The van der Waals surface area contributed by atoms with E-state index in [9.17, 15) is 0 Å². The zero-order chi connectivity index (χ0) is 16.6. The molecule has 1 aliphatic carbocycles. The Bertz CT molecular complexity index is 775. The van der Waals surface area contributed by atoms with E-state index in [2.05, 4.69) is 10.5 Å². The SMILES string of the molecule is CNCCON=C1c2ccccc2OC2(c3ccc(Cl)cc3)CC12. The Labute approximate surface area is 146 Å². The van der Waals surface area contributed by atoms with Crippen LogP contribution < -0.4 is 10.1 Å². The van der Waals surface area contributed by atoms with E-state index < -0.39 is 0 Å². The number of ether oxygens (including phenoxy) is 1. The molecule has 2 aliphatic rings. The van der Waals surface area contributed by atoms with Crippen LogP contribution in [0.15, 0.2) is 53.7 Å². The van der Waals surface area contributed by atoms with Crippen LogP contribution in [0.1, 0.15) is 17.5 Å². The van der Waals surface area contributed by atoms with Gasteiger partial charge in [-0.2, -0.15) is 0 Å². The molecule has 2 aromatic carbocycles. The summed E-state index contributed by atoms with van der Waals surface area (Å²) >= 11 is 6.03. The first-order chi connectivity index (χ1) is 11.7. The first kappa shape index (κ1) is 15.5. The molecule has 2 atom stereocenters. The van der Waals surface area contributed by atoms with Crippen LogP contribution in [-0.2, 0) is 10.4 Å². The molecular formula is C19H19ClN2O2. The fraction of sp³-hybridized carbons (Fsp3) is 0.316. The van der Waals surface area contributed by atoms with Crippen molar-refractivity contribution in [2.75, 3.05) is 20.2 Å². The number of hydrogen-bond donors (Lipinski definition) is 1. The minimum atomic E-state index is -0.343. The standard InChI is InChI=1S/C19H19ClN2O2/c1-21-10-11-23-22-18-15-4-2-3-5-17(15)24-19(12-16(18)19)13-6-8-14(20)9-7-13/h2-9,16,21H,10-12H2,1H3. The molecule has 0 radical (unpaired) electrons. The zero-order valence-corrected chi connectivity index (χ0v) is 14.2. The third kappa shape index (κ3) is 2.56. The van der Waals surface area contributed by atoms with Crippen LogP contribution in [0.3, 0.4) is 0 Å². The van der Waals surface area contributed by atoms with Gasteiger partial charge in [-0.05, 0) is 36.9 Å². The lowest BCUT2D eigenvalue weighted by molar-refractivity contribution is 0.139. The molecule has 4 nitrogen and oxygen atoms in total. The van der Waals surface area contributed by atoms with Crippen molar-refractivity contribution >= 4 is 17.3 Å². The van der Waals surface area contributed by atoms with Crippen molar-refractivity contribution in [3.63, 3.8) is 0 Å². The molecule has 4 rings (SSSR count). The van der Waals surface area contributed by atoms with Crippen molar-refractivity contribution in [1.82, 2.24) is 5.32 Å². The molecule has 0 saturated heterocycles. The van der Waals surface area contributed by atoms with Crippen LogP contribution in [-0.4, -0.2) is 25.9 Å². The van der Waals surface area contributed by atoms with Gasteiger partial charge in [-0.1, -0.05) is 41.0 Å². The summed E-state index contributed by atoms with van der Waals surface area (Å²) in [6.45, 7) is 1.31. The van der Waals surface area contributed by atoms with Crippen molar-refractivity contribution in [2.45, 2.75) is 12.0 Å². The average molecular weight is 343 g/mol. The van der Waals surface area contributed by atoms with E-state index in [1.54, 1.807) is 0 Å². The normalized spacial score (nSPS) is 25.6. The largest absolute Gasteiger partial charge is 0.481 e. The maximum absolute atomic E-state index is 6.39. The predicted octanol–water partition coefficient (Wildman–Crippen LogP) is 3.59. The lowest BCUT2D eigenvalue weighted by atomic mass is 9.96. The molecule has 2 aromatic rings. The number of fused-ring (bicyclic) bond motifs is 2.